The van der Waals surface area contributed by atoms with E-state index in [9.17, 15) is 9.90 Å². The minimum absolute atomic E-state index is 0.294. The Hall–Kier alpha value is -1.97. The van der Waals surface area contributed by atoms with Crippen LogP contribution < -0.4 is 0 Å². The summed E-state index contributed by atoms with van der Waals surface area (Å²) in [5, 5.41) is 19.6. The molecule has 0 aliphatic heterocycles. The number of aryl methyl sites for hydroxylation is 1. The molecule has 1 N–H and O–H groups in total. The minimum Gasteiger partial charge on any atom is -0.481 e. The van der Waals surface area contributed by atoms with E-state index < -0.39 is 11.9 Å². The highest BCUT2D eigenvalue weighted by Crippen LogP contribution is 2.29. The number of carboxylic acids is 1. The molecule has 0 saturated heterocycles. The number of rotatable bonds is 4. The zero-order valence-corrected chi connectivity index (χ0v) is 11.4. The molecule has 0 spiro atoms. The van der Waals surface area contributed by atoms with Crippen LogP contribution in [0.1, 0.15) is 37.6 Å². The Bertz CT molecular complexity index is 608. The summed E-state index contributed by atoms with van der Waals surface area (Å²) >= 11 is 0. The molecule has 4 heteroatoms. The van der Waals surface area contributed by atoms with E-state index in [4.69, 9.17) is 0 Å². The quantitative estimate of drug-likeness (QED) is 0.915. The van der Waals surface area contributed by atoms with Crippen LogP contribution in [0.2, 0.25) is 0 Å². The zero-order valence-electron chi connectivity index (χ0n) is 11.4. The first kappa shape index (κ1) is 13.5. The first-order valence-electron chi connectivity index (χ1n) is 6.45. The van der Waals surface area contributed by atoms with Crippen molar-refractivity contribution < 1.29 is 9.90 Å². The molecule has 0 aliphatic rings. The molecular weight excluding hydrogens is 240 g/mol. The van der Waals surface area contributed by atoms with Crippen molar-refractivity contribution in [2.75, 3.05) is 0 Å². The summed E-state index contributed by atoms with van der Waals surface area (Å²) in [6.45, 7) is 5.91. The van der Waals surface area contributed by atoms with E-state index >= 15 is 0 Å². The molecule has 2 aromatic rings. The second kappa shape index (κ2) is 5.34. The topological polar surface area (TPSA) is 63.1 Å². The van der Waals surface area contributed by atoms with Crippen molar-refractivity contribution in [1.29, 1.82) is 0 Å². The normalized spacial score (nSPS) is 12.8. The average molecular weight is 258 g/mol. The van der Waals surface area contributed by atoms with Gasteiger partial charge in [0, 0.05) is 10.8 Å². The van der Waals surface area contributed by atoms with E-state index in [0.717, 1.165) is 16.5 Å². The number of carbonyl (C=O) groups is 1. The van der Waals surface area contributed by atoms with Crippen molar-refractivity contribution in [2.24, 2.45) is 5.92 Å². The van der Waals surface area contributed by atoms with E-state index in [1.54, 1.807) is 0 Å². The molecule has 19 heavy (non-hydrogen) atoms. The van der Waals surface area contributed by atoms with Gasteiger partial charge in [-0.2, -0.15) is 10.2 Å². The second-order valence-corrected chi connectivity index (χ2v) is 5.24. The fourth-order valence-electron chi connectivity index (χ4n) is 2.32. The number of hydrogen-bond acceptors (Lipinski definition) is 3. The molecule has 1 atom stereocenters. The van der Waals surface area contributed by atoms with Crippen molar-refractivity contribution in [3.05, 3.63) is 35.7 Å². The van der Waals surface area contributed by atoms with Gasteiger partial charge in [0.25, 0.3) is 0 Å². The van der Waals surface area contributed by atoms with Gasteiger partial charge in [-0.1, -0.05) is 38.1 Å². The zero-order chi connectivity index (χ0) is 14.0. The smallest absolute Gasteiger partial charge is 0.312 e. The molecule has 0 amide bonds. The number of aromatic nitrogens is 2. The molecule has 4 nitrogen and oxygen atoms in total. The van der Waals surface area contributed by atoms with Gasteiger partial charge in [0.05, 0.1) is 11.4 Å². The monoisotopic (exact) mass is 258 g/mol. The Morgan fingerprint density at radius 3 is 2.42 bits per heavy atom. The van der Waals surface area contributed by atoms with Crippen LogP contribution in [0.5, 0.6) is 0 Å². The van der Waals surface area contributed by atoms with E-state index in [2.05, 4.69) is 10.2 Å². The van der Waals surface area contributed by atoms with Crippen LogP contribution in [0.4, 0.5) is 0 Å². The van der Waals surface area contributed by atoms with Crippen LogP contribution in [0.15, 0.2) is 24.3 Å². The maximum atomic E-state index is 11.5. The molecule has 1 unspecified atom stereocenters. The Kier molecular flexibility index (Phi) is 3.79. The fourth-order valence-corrected chi connectivity index (χ4v) is 2.32. The molecule has 0 aliphatic carbocycles. The Labute approximate surface area is 112 Å². The van der Waals surface area contributed by atoms with Gasteiger partial charge in [-0.15, -0.1) is 0 Å². The molecule has 1 aromatic heterocycles. The Morgan fingerprint density at radius 2 is 1.84 bits per heavy atom. The third kappa shape index (κ3) is 2.72. The van der Waals surface area contributed by atoms with Crippen LogP contribution in [-0.2, 0) is 4.79 Å². The van der Waals surface area contributed by atoms with Crippen molar-refractivity contribution in [1.82, 2.24) is 10.2 Å². The first-order chi connectivity index (χ1) is 9.00. The van der Waals surface area contributed by atoms with Gasteiger partial charge in [-0.3, -0.25) is 4.79 Å². The summed E-state index contributed by atoms with van der Waals surface area (Å²) in [4.78, 5) is 11.5. The molecule has 2 rings (SSSR count). The van der Waals surface area contributed by atoms with Crippen LogP contribution in [0.3, 0.4) is 0 Å². The van der Waals surface area contributed by atoms with Crippen LogP contribution in [0.25, 0.3) is 10.8 Å². The number of hydrogen-bond donors (Lipinski definition) is 1. The predicted octanol–water partition coefficient (Wildman–Crippen LogP) is 3.15. The van der Waals surface area contributed by atoms with Gasteiger partial charge in [0.15, 0.2) is 0 Å². The van der Waals surface area contributed by atoms with Crippen LogP contribution >= 0.6 is 0 Å². The number of nitrogens with zero attached hydrogens (tertiary/aromatic N) is 2. The van der Waals surface area contributed by atoms with Gasteiger partial charge in [0.2, 0.25) is 0 Å². The van der Waals surface area contributed by atoms with Crippen molar-refractivity contribution in [3.8, 4) is 0 Å². The molecule has 0 bridgehead atoms. The highest BCUT2D eigenvalue weighted by molar-refractivity contribution is 5.90. The maximum Gasteiger partial charge on any atom is 0.312 e. The summed E-state index contributed by atoms with van der Waals surface area (Å²) in [5.74, 6) is -1.14. The summed E-state index contributed by atoms with van der Waals surface area (Å²) in [6, 6.07) is 7.71. The summed E-state index contributed by atoms with van der Waals surface area (Å²) in [6.07, 6.45) is 0.567. The number of aliphatic carboxylic acids is 1. The number of benzene rings is 1. The van der Waals surface area contributed by atoms with E-state index in [-0.39, 0.29) is 0 Å². The molecule has 0 saturated carbocycles. The molecule has 0 fully saturated rings. The highest BCUT2D eigenvalue weighted by atomic mass is 16.4. The molecule has 0 radical (unpaired) electrons. The lowest BCUT2D eigenvalue weighted by atomic mass is 9.91. The van der Waals surface area contributed by atoms with E-state index in [1.807, 2.05) is 45.0 Å². The Balaban J connectivity index is 2.60. The predicted molar refractivity (Wildman–Crippen MR) is 74.1 cm³/mol. The van der Waals surface area contributed by atoms with Crippen molar-refractivity contribution in [3.63, 3.8) is 0 Å². The molecule has 1 heterocycles. The van der Waals surface area contributed by atoms with Gasteiger partial charge < -0.3 is 5.11 Å². The SMILES string of the molecule is Cc1nnc(C(CC(C)C)C(=O)O)c2ccccc12. The van der Waals surface area contributed by atoms with E-state index in [1.165, 1.54) is 0 Å². The third-order valence-corrected chi connectivity index (χ3v) is 3.24. The molecular formula is C15H18N2O2. The second-order valence-electron chi connectivity index (χ2n) is 5.24. The summed E-state index contributed by atoms with van der Waals surface area (Å²) in [7, 11) is 0. The molecule has 100 valence electrons. The van der Waals surface area contributed by atoms with Crippen LogP contribution in [-0.4, -0.2) is 21.3 Å². The van der Waals surface area contributed by atoms with Crippen molar-refractivity contribution in [2.45, 2.75) is 33.1 Å². The van der Waals surface area contributed by atoms with Crippen LogP contribution in [0, 0.1) is 12.8 Å². The van der Waals surface area contributed by atoms with Gasteiger partial charge in [-0.25, -0.2) is 0 Å². The average Bonchev–Trinajstić information content (AvgIpc) is 2.37. The third-order valence-electron chi connectivity index (χ3n) is 3.24. The standard InChI is InChI=1S/C15H18N2O2/c1-9(2)8-13(15(18)19)14-12-7-5-4-6-11(12)10(3)16-17-14/h4-7,9,13H,8H2,1-3H3,(H,18,19). The van der Waals surface area contributed by atoms with Gasteiger partial charge >= 0.3 is 5.97 Å². The lowest BCUT2D eigenvalue weighted by molar-refractivity contribution is -0.139. The van der Waals surface area contributed by atoms with Gasteiger partial charge in [-0.05, 0) is 19.3 Å². The highest BCUT2D eigenvalue weighted by Gasteiger charge is 2.25. The van der Waals surface area contributed by atoms with Crippen molar-refractivity contribution >= 4 is 16.7 Å². The number of fused-ring (bicyclic) bond motifs is 1. The minimum atomic E-state index is -0.836. The summed E-state index contributed by atoms with van der Waals surface area (Å²) < 4.78 is 0. The first-order valence-corrected chi connectivity index (χ1v) is 6.45. The number of carboxylic acid groups (broad SMARTS) is 1. The molecule has 1 aromatic carbocycles. The fraction of sp³-hybridized carbons (Fsp3) is 0.400. The summed E-state index contributed by atoms with van der Waals surface area (Å²) in [5.41, 5.74) is 1.40. The lowest BCUT2D eigenvalue weighted by Gasteiger charge is -2.16. The maximum absolute atomic E-state index is 11.5. The Morgan fingerprint density at radius 1 is 1.21 bits per heavy atom. The lowest BCUT2D eigenvalue weighted by Crippen LogP contribution is -2.16. The van der Waals surface area contributed by atoms with E-state index in [0.29, 0.717) is 18.0 Å². The van der Waals surface area contributed by atoms with Gasteiger partial charge in [0.1, 0.15) is 5.92 Å². The largest absolute Gasteiger partial charge is 0.481 e.